The molecule has 0 unspecified atom stereocenters. The summed E-state index contributed by atoms with van der Waals surface area (Å²) in [5.74, 6) is 1.31. The van der Waals surface area contributed by atoms with Gasteiger partial charge in [0.05, 0.1) is 7.11 Å². The molecule has 94 valence electrons. The van der Waals surface area contributed by atoms with Crippen LogP contribution in [-0.4, -0.2) is 28.6 Å². The highest BCUT2D eigenvalue weighted by molar-refractivity contribution is 5.66. The molecule has 2 aromatic heterocycles. The fourth-order valence-corrected chi connectivity index (χ4v) is 1.66. The maximum Gasteiger partial charge on any atom is 0.223 e. The van der Waals surface area contributed by atoms with Gasteiger partial charge in [-0.05, 0) is 31.5 Å². The normalized spacial score (nSPS) is 10.2. The molecule has 0 bridgehead atoms. The van der Waals surface area contributed by atoms with Crippen molar-refractivity contribution in [3.05, 3.63) is 30.1 Å². The molecule has 0 aliphatic carbocycles. The molecule has 0 fully saturated rings. The van der Waals surface area contributed by atoms with Crippen molar-refractivity contribution in [2.24, 2.45) is 0 Å². The predicted octanol–water partition coefficient (Wildman–Crippen LogP) is 2.29. The summed E-state index contributed by atoms with van der Waals surface area (Å²) >= 11 is 0. The number of anilines is 1. The zero-order valence-electron chi connectivity index (χ0n) is 10.8. The van der Waals surface area contributed by atoms with Crippen molar-refractivity contribution in [1.82, 2.24) is 15.0 Å². The average Bonchev–Trinajstić information content (AvgIpc) is 2.41. The molecule has 2 aromatic rings. The Hall–Kier alpha value is -2.17. The number of nitrogens with zero attached hydrogens (tertiary/aromatic N) is 3. The molecule has 0 saturated carbocycles. The third kappa shape index (κ3) is 2.40. The van der Waals surface area contributed by atoms with Crippen LogP contribution >= 0.6 is 0 Å². The Bertz CT molecular complexity index is 542. The monoisotopic (exact) mass is 244 g/mol. The van der Waals surface area contributed by atoms with Gasteiger partial charge in [-0.3, -0.25) is 4.98 Å². The molecule has 1 N–H and O–H groups in total. The van der Waals surface area contributed by atoms with E-state index >= 15 is 0 Å². The lowest BCUT2D eigenvalue weighted by Crippen LogP contribution is -2.04. The Balaban J connectivity index is 2.51. The number of nitrogens with one attached hydrogen (secondary N) is 1. The lowest BCUT2D eigenvalue weighted by molar-refractivity contribution is 0.414. The largest absolute Gasteiger partial charge is 0.494 e. The van der Waals surface area contributed by atoms with E-state index in [1.165, 1.54) is 0 Å². The van der Waals surface area contributed by atoms with Crippen molar-refractivity contribution in [1.29, 1.82) is 0 Å². The first-order valence-electron chi connectivity index (χ1n) is 5.83. The van der Waals surface area contributed by atoms with Gasteiger partial charge in [0.1, 0.15) is 17.1 Å². The number of aromatic nitrogens is 3. The molecular formula is C13H16N4O. The second-order valence-electron chi connectivity index (χ2n) is 3.81. The molecule has 0 saturated heterocycles. The van der Waals surface area contributed by atoms with E-state index < -0.39 is 0 Å². The van der Waals surface area contributed by atoms with E-state index in [1.807, 2.05) is 26.0 Å². The lowest BCUT2D eigenvalue weighted by atomic mass is 10.1. The van der Waals surface area contributed by atoms with Crippen LogP contribution in [0.5, 0.6) is 5.75 Å². The van der Waals surface area contributed by atoms with E-state index in [0.29, 0.717) is 11.7 Å². The molecule has 0 aliphatic rings. The minimum Gasteiger partial charge on any atom is -0.494 e. The third-order valence-corrected chi connectivity index (χ3v) is 2.52. The third-order valence-electron chi connectivity index (χ3n) is 2.52. The number of hydrogen-bond donors (Lipinski definition) is 1. The van der Waals surface area contributed by atoms with E-state index in [4.69, 9.17) is 4.74 Å². The Kier molecular flexibility index (Phi) is 3.72. The van der Waals surface area contributed by atoms with Crippen molar-refractivity contribution in [3.8, 4) is 17.1 Å². The van der Waals surface area contributed by atoms with Crippen molar-refractivity contribution >= 4 is 5.95 Å². The van der Waals surface area contributed by atoms with Crippen molar-refractivity contribution in [2.45, 2.75) is 13.8 Å². The number of pyridine rings is 1. The highest BCUT2D eigenvalue weighted by Crippen LogP contribution is 2.28. The van der Waals surface area contributed by atoms with Gasteiger partial charge in [0.25, 0.3) is 0 Å². The smallest absolute Gasteiger partial charge is 0.223 e. The van der Waals surface area contributed by atoms with Crippen LogP contribution in [0.4, 0.5) is 5.95 Å². The molecule has 18 heavy (non-hydrogen) atoms. The first-order chi connectivity index (χ1) is 8.76. The fourth-order valence-electron chi connectivity index (χ4n) is 1.66. The first kappa shape index (κ1) is 12.3. The van der Waals surface area contributed by atoms with Crippen LogP contribution in [0.3, 0.4) is 0 Å². The summed E-state index contributed by atoms with van der Waals surface area (Å²) in [6, 6.07) is 3.71. The molecule has 0 aromatic carbocycles. The van der Waals surface area contributed by atoms with Crippen LogP contribution in [0.15, 0.2) is 24.5 Å². The maximum absolute atomic E-state index is 5.31. The SMILES string of the molecule is CCNc1ncc(C)c(-c2ncccc2OC)n1. The summed E-state index contributed by atoms with van der Waals surface area (Å²) in [7, 11) is 1.63. The minimum atomic E-state index is 0.603. The Morgan fingerprint density at radius 3 is 2.83 bits per heavy atom. The van der Waals surface area contributed by atoms with Crippen molar-refractivity contribution < 1.29 is 4.74 Å². The van der Waals surface area contributed by atoms with Gasteiger partial charge in [0.2, 0.25) is 5.95 Å². The van der Waals surface area contributed by atoms with Gasteiger partial charge in [0.15, 0.2) is 0 Å². The molecule has 0 amide bonds. The van der Waals surface area contributed by atoms with Crippen LogP contribution in [0.2, 0.25) is 0 Å². The van der Waals surface area contributed by atoms with Gasteiger partial charge in [-0.25, -0.2) is 9.97 Å². The number of ether oxygens (including phenoxy) is 1. The number of methoxy groups -OCH3 is 1. The maximum atomic E-state index is 5.31. The van der Waals surface area contributed by atoms with Gasteiger partial charge in [-0.15, -0.1) is 0 Å². The highest BCUT2D eigenvalue weighted by Gasteiger charge is 2.12. The minimum absolute atomic E-state index is 0.603. The van der Waals surface area contributed by atoms with Crippen LogP contribution in [0.1, 0.15) is 12.5 Å². The molecule has 2 heterocycles. The van der Waals surface area contributed by atoms with E-state index in [-0.39, 0.29) is 0 Å². The quantitative estimate of drug-likeness (QED) is 0.894. The van der Waals surface area contributed by atoms with Gasteiger partial charge in [0, 0.05) is 18.9 Å². The van der Waals surface area contributed by atoms with Gasteiger partial charge >= 0.3 is 0 Å². The summed E-state index contributed by atoms with van der Waals surface area (Å²) in [5, 5.41) is 3.09. The predicted molar refractivity (Wildman–Crippen MR) is 70.7 cm³/mol. The van der Waals surface area contributed by atoms with Crippen LogP contribution < -0.4 is 10.1 Å². The molecule has 2 rings (SSSR count). The van der Waals surface area contributed by atoms with Crippen LogP contribution in [0.25, 0.3) is 11.4 Å². The summed E-state index contributed by atoms with van der Waals surface area (Å²) in [5.41, 5.74) is 2.49. The molecule has 0 aliphatic heterocycles. The second kappa shape index (κ2) is 5.44. The Morgan fingerprint density at radius 2 is 2.11 bits per heavy atom. The number of rotatable bonds is 4. The van der Waals surface area contributed by atoms with Crippen molar-refractivity contribution in [3.63, 3.8) is 0 Å². The van der Waals surface area contributed by atoms with E-state index in [0.717, 1.165) is 23.5 Å². The fraction of sp³-hybridized carbons (Fsp3) is 0.308. The summed E-state index contributed by atoms with van der Waals surface area (Å²) in [6.07, 6.45) is 3.51. The van der Waals surface area contributed by atoms with Gasteiger partial charge < -0.3 is 10.1 Å². The highest BCUT2D eigenvalue weighted by atomic mass is 16.5. The number of aryl methyl sites for hydroxylation is 1. The molecule has 0 atom stereocenters. The second-order valence-corrected chi connectivity index (χ2v) is 3.81. The van der Waals surface area contributed by atoms with Gasteiger partial charge in [-0.1, -0.05) is 0 Å². The van der Waals surface area contributed by atoms with E-state index in [1.54, 1.807) is 19.5 Å². The molecule has 5 heteroatoms. The molecule has 0 radical (unpaired) electrons. The molecular weight excluding hydrogens is 228 g/mol. The van der Waals surface area contributed by atoms with Crippen LogP contribution in [-0.2, 0) is 0 Å². The van der Waals surface area contributed by atoms with E-state index in [2.05, 4.69) is 20.3 Å². The lowest BCUT2D eigenvalue weighted by Gasteiger charge is -2.10. The standard InChI is InChI=1S/C13H16N4O/c1-4-14-13-16-8-9(2)11(17-13)12-10(18-3)6-5-7-15-12/h5-8H,4H2,1-3H3,(H,14,16,17). The van der Waals surface area contributed by atoms with Crippen LogP contribution in [0, 0.1) is 6.92 Å². The summed E-state index contributed by atoms with van der Waals surface area (Å²) in [6.45, 7) is 4.74. The molecule has 0 spiro atoms. The number of hydrogen-bond acceptors (Lipinski definition) is 5. The van der Waals surface area contributed by atoms with Crippen molar-refractivity contribution in [2.75, 3.05) is 19.0 Å². The van der Waals surface area contributed by atoms with Gasteiger partial charge in [-0.2, -0.15) is 0 Å². The molecule has 5 nitrogen and oxygen atoms in total. The Morgan fingerprint density at radius 1 is 1.28 bits per heavy atom. The van der Waals surface area contributed by atoms with E-state index in [9.17, 15) is 0 Å². The summed E-state index contributed by atoms with van der Waals surface area (Å²) in [4.78, 5) is 13.0. The zero-order chi connectivity index (χ0) is 13.0. The Labute approximate surface area is 106 Å². The summed E-state index contributed by atoms with van der Waals surface area (Å²) < 4.78 is 5.31. The first-order valence-corrected chi connectivity index (χ1v) is 5.83. The average molecular weight is 244 g/mol. The topological polar surface area (TPSA) is 59.9 Å². The zero-order valence-corrected chi connectivity index (χ0v) is 10.8.